The first kappa shape index (κ1) is 15.8. The molecule has 0 radical (unpaired) electrons. The number of carbonyl (C=O) groups is 1. The van der Waals surface area contributed by atoms with Crippen molar-refractivity contribution in [1.82, 2.24) is 20.6 Å². The maximum Gasteiger partial charge on any atom is 0.315 e. The lowest BCUT2D eigenvalue weighted by atomic mass is 10.2. The molecule has 23 heavy (non-hydrogen) atoms. The van der Waals surface area contributed by atoms with Crippen LogP contribution in [0.1, 0.15) is 31.6 Å². The molecule has 3 rings (SSSR count). The second-order valence-corrected chi connectivity index (χ2v) is 8.05. The topological polar surface area (TPSA) is 104 Å². The number of benzene rings is 1. The van der Waals surface area contributed by atoms with Gasteiger partial charge in [-0.25, -0.2) is 18.2 Å². The molecule has 0 spiro atoms. The Bertz CT molecular complexity index is 782. The van der Waals surface area contributed by atoms with Gasteiger partial charge in [-0.1, -0.05) is 19.1 Å². The molecule has 3 N–H and O–H groups in total. The van der Waals surface area contributed by atoms with Gasteiger partial charge in [0.25, 0.3) is 0 Å². The minimum Gasteiger partial charge on any atom is -0.340 e. The molecule has 2 amide bonds. The van der Waals surface area contributed by atoms with Crippen LogP contribution in [0.2, 0.25) is 0 Å². The summed E-state index contributed by atoms with van der Waals surface area (Å²) in [5, 5.41) is 5.59. The van der Waals surface area contributed by atoms with E-state index >= 15 is 0 Å². The van der Waals surface area contributed by atoms with Gasteiger partial charge >= 0.3 is 6.03 Å². The number of hydrogen-bond donors (Lipinski definition) is 3. The van der Waals surface area contributed by atoms with Crippen molar-refractivity contribution in [2.75, 3.05) is 11.5 Å². The molecule has 124 valence electrons. The van der Waals surface area contributed by atoms with Crippen molar-refractivity contribution >= 4 is 26.9 Å². The predicted molar refractivity (Wildman–Crippen MR) is 87.9 cm³/mol. The van der Waals surface area contributed by atoms with Gasteiger partial charge in [-0.3, -0.25) is 0 Å². The molecule has 7 nitrogen and oxygen atoms in total. The van der Waals surface area contributed by atoms with Crippen LogP contribution in [0, 0.1) is 0 Å². The number of fused-ring (bicyclic) bond motifs is 1. The number of H-pyrrole nitrogens is 1. The number of nitrogens with one attached hydrogen (secondary N) is 3. The summed E-state index contributed by atoms with van der Waals surface area (Å²) >= 11 is 0. The number of rotatable bonds is 4. The van der Waals surface area contributed by atoms with Crippen LogP contribution in [0.5, 0.6) is 0 Å². The average Bonchev–Trinajstić information content (AvgIpc) is 3.07. The first-order valence-electron chi connectivity index (χ1n) is 7.69. The summed E-state index contributed by atoms with van der Waals surface area (Å²) in [5.41, 5.74) is 1.77. The molecular weight excluding hydrogens is 316 g/mol. The van der Waals surface area contributed by atoms with E-state index in [1.165, 1.54) is 0 Å². The maximum absolute atomic E-state index is 12.1. The van der Waals surface area contributed by atoms with E-state index in [0.29, 0.717) is 18.7 Å². The Morgan fingerprint density at radius 2 is 2.22 bits per heavy atom. The van der Waals surface area contributed by atoms with Crippen molar-refractivity contribution in [3.05, 3.63) is 30.1 Å². The molecule has 8 heteroatoms. The van der Waals surface area contributed by atoms with Crippen LogP contribution < -0.4 is 10.6 Å². The highest BCUT2D eigenvalue weighted by atomic mass is 32.2. The van der Waals surface area contributed by atoms with Crippen LogP contribution in [0.3, 0.4) is 0 Å². The van der Waals surface area contributed by atoms with Gasteiger partial charge in [0, 0.05) is 6.04 Å². The number of aromatic amines is 1. The van der Waals surface area contributed by atoms with Gasteiger partial charge in [0.1, 0.15) is 5.82 Å². The van der Waals surface area contributed by atoms with Crippen LogP contribution in [0.4, 0.5) is 4.79 Å². The zero-order chi connectivity index (χ0) is 16.4. The molecule has 2 unspecified atom stereocenters. The molecule has 1 aliphatic heterocycles. The number of para-hydroxylation sites is 2. The molecular formula is C15H20N4O3S. The fourth-order valence-corrected chi connectivity index (χ4v) is 4.47. The zero-order valence-corrected chi connectivity index (χ0v) is 13.7. The number of nitrogens with zero attached hydrogens (tertiary/aromatic N) is 1. The SMILES string of the molecule is CCC(NC(=O)NC1CCS(=O)(=O)C1)c1nc2ccccc2[nH]1. The van der Waals surface area contributed by atoms with Crippen LogP contribution >= 0.6 is 0 Å². The smallest absolute Gasteiger partial charge is 0.315 e. The van der Waals surface area contributed by atoms with Crippen LogP contribution in [-0.4, -0.2) is 42.0 Å². The normalized spacial score (nSPS) is 21.2. The molecule has 1 aliphatic rings. The van der Waals surface area contributed by atoms with Gasteiger partial charge in [-0.05, 0) is 25.0 Å². The van der Waals surface area contributed by atoms with Gasteiger partial charge in [0.2, 0.25) is 0 Å². The summed E-state index contributed by atoms with van der Waals surface area (Å²) in [5.74, 6) is 0.850. The van der Waals surface area contributed by atoms with Gasteiger partial charge in [-0.2, -0.15) is 0 Å². The highest BCUT2D eigenvalue weighted by molar-refractivity contribution is 7.91. The highest BCUT2D eigenvalue weighted by Gasteiger charge is 2.29. The lowest BCUT2D eigenvalue weighted by Gasteiger charge is -2.17. The summed E-state index contributed by atoms with van der Waals surface area (Å²) in [6.07, 6.45) is 1.15. The van der Waals surface area contributed by atoms with E-state index in [2.05, 4.69) is 20.6 Å². The number of carbonyl (C=O) groups excluding carboxylic acids is 1. The van der Waals surface area contributed by atoms with E-state index in [9.17, 15) is 13.2 Å². The van der Waals surface area contributed by atoms with Gasteiger partial charge in [0.05, 0.1) is 28.6 Å². The largest absolute Gasteiger partial charge is 0.340 e. The van der Waals surface area contributed by atoms with E-state index in [1.807, 2.05) is 31.2 Å². The molecule has 2 atom stereocenters. The monoisotopic (exact) mass is 336 g/mol. The first-order chi connectivity index (χ1) is 11.0. The Morgan fingerprint density at radius 3 is 2.87 bits per heavy atom. The van der Waals surface area contributed by atoms with E-state index < -0.39 is 9.84 Å². The molecule has 1 fully saturated rings. The summed E-state index contributed by atoms with van der Waals surface area (Å²) in [6, 6.07) is 6.75. The lowest BCUT2D eigenvalue weighted by Crippen LogP contribution is -2.44. The Kier molecular flexibility index (Phi) is 4.25. The quantitative estimate of drug-likeness (QED) is 0.787. The molecule has 0 saturated carbocycles. The standard InChI is InChI=1S/C15H20N4O3S/c1-2-11(14-17-12-5-3-4-6-13(12)18-14)19-15(20)16-10-7-8-23(21,22)9-10/h3-6,10-11H,2,7-9H2,1H3,(H,17,18)(H2,16,19,20). The van der Waals surface area contributed by atoms with Gasteiger partial charge in [-0.15, -0.1) is 0 Å². The molecule has 0 bridgehead atoms. The summed E-state index contributed by atoms with van der Waals surface area (Å²) < 4.78 is 22.9. The minimum absolute atomic E-state index is 0.0157. The van der Waals surface area contributed by atoms with Crippen LogP contribution in [-0.2, 0) is 9.84 Å². The fraction of sp³-hybridized carbons (Fsp3) is 0.467. The maximum atomic E-state index is 12.1. The number of sulfone groups is 1. The van der Waals surface area contributed by atoms with Crippen molar-refractivity contribution in [2.24, 2.45) is 0 Å². The Morgan fingerprint density at radius 1 is 1.43 bits per heavy atom. The van der Waals surface area contributed by atoms with E-state index in [-0.39, 0.29) is 29.6 Å². The minimum atomic E-state index is -3.01. The van der Waals surface area contributed by atoms with Gasteiger partial charge in [0.15, 0.2) is 9.84 Å². The zero-order valence-electron chi connectivity index (χ0n) is 12.9. The van der Waals surface area contributed by atoms with Crippen molar-refractivity contribution in [3.8, 4) is 0 Å². The molecule has 2 aromatic rings. The number of urea groups is 1. The third-order valence-electron chi connectivity index (χ3n) is 4.02. The van der Waals surface area contributed by atoms with Crippen LogP contribution in [0.15, 0.2) is 24.3 Å². The highest BCUT2D eigenvalue weighted by Crippen LogP contribution is 2.18. The number of hydrogen-bond acceptors (Lipinski definition) is 4. The first-order valence-corrected chi connectivity index (χ1v) is 9.51. The summed E-state index contributed by atoms with van der Waals surface area (Å²) in [6.45, 7) is 1.96. The Hall–Kier alpha value is -2.09. The van der Waals surface area contributed by atoms with Crippen molar-refractivity contribution in [2.45, 2.75) is 31.8 Å². The molecule has 1 saturated heterocycles. The lowest BCUT2D eigenvalue weighted by molar-refractivity contribution is 0.233. The second kappa shape index (κ2) is 6.19. The molecule has 2 heterocycles. The van der Waals surface area contributed by atoms with Crippen LogP contribution in [0.25, 0.3) is 11.0 Å². The molecule has 1 aromatic carbocycles. The second-order valence-electron chi connectivity index (χ2n) is 5.82. The van der Waals surface area contributed by atoms with E-state index in [4.69, 9.17) is 0 Å². The Balaban J connectivity index is 1.66. The number of imidazole rings is 1. The predicted octanol–water partition coefficient (Wildman–Crippen LogP) is 1.50. The molecule has 1 aromatic heterocycles. The third-order valence-corrected chi connectivity index (χ3v) is 5.79. The van der Waals surface area contributed by atoms with Gasteiger partial charge < -0.3 is 15.6 Å². The average molecular weight is 336 g/mol. The van der Waals surface area contributed by atoms with E-state index in [0.717, 1.165) is 11.0 Å². The number of amides is 2. The summed E-state index contributed by atoms with van der Waals surface area (Å²) in [7, 11) is -3.01. The van der Waals surface area contributed by atoms with Crippen molar-refractivity contribution in [1.29, 1.82) is 0 Å². The molecule has 0 aliphatic carbocycles. The summed E-state index contributed by atoms with van der Waals surface area (Å²) in [4.78, 5) is 19.8. The van der Waals surface area contributed by atoms with E-state index in [1.54, 1.807) is 0 Å². The Labute approximate surface area is 134 Å². The van der Waals surface area contributed by atoms with Crippen molar-refractivity contribution < 1.29 is 13.2 Å². The fourth-order valence-electron chi connectivity index (χ4n) is 2.80. The van der Waals surface area contributed by atoms with Crippen molar-refractivity contribution in [3.63, 3.8) is 0 Å². The third kappa shape index (κ3) is 3.64. The number of aromatic nitrogens is 2.